The fourth-order valence-corrected chi connectivity index (χ4v) is 1.65. The number of benzene rings is 1. The number of nitro benzene ring substituents is 1. The van der Waals surface area contributed by atoms with Gasteiger partial charge in [0.15, 0.2) is 0 Å². The van der Waals surface area contributed by atoms with Gasteiger partial charge < -0.3 is 10.5 Å². The van der Waals surface area contributed by atoms with E-state index in [0.717, 1.165) is 18.7 Å². The molecule has 0 saturated carbocycles. The maximum Gasteiger partial charge on any atom is 0.269 e. The molecule has 6 heteroatoms. The molecule has 0 saturated heterocycles. The number of nitrogen functional groups attached to an aromatic ring is 1. The summed E-state index contributed by atoms with van der Waals surface area (Å²) in [5.41, 5.74) is 7.27. The minimum absolute atomic E-state index is 0.0713. The highest BCUT2D eigenvalue weighted by Gasteiger charge is 2.11. The van der Waals surface area contributed by atoms with E-state index in [2.05, 4.69) is 4.90 Å². The van der Waals surface area contributed by atoms with Crippen molar-refractivity contribution in [1.82, 2.24) is 4.90 Å². The molecule has 2 N–H and O–H groups in total. The van der Waals surface area contributed by atoms with E-state index < -0.39 is 4.92 Å². The number of nitrogens with zero attached hydrogens (tertiary/aromatic N) is 2. The molecule has 18 heavy (non-hydrogen) atoms. The molecule has 0 amide bonds. The lowest BCUT2D eigenvalue weighted by Crippen LogP contribution is -2.27. The summed E-state index contributed by atoms with van der Waals surface area (Å²) in [6, 6.07) is 4.53. The number of nitro groups is 1. The van der Waals surface area contributed by atoms with Gasteiger partial charge in [0.2, 0.25) is 0 Å². The zero-order valence-electron chi connectivity index (χ0n) is 10.8. The van der Waals surface area contributed by atoms with Gasteiger partial charge in [0.25, 0.3) is 5.69 Å². The number of likely N-dealkylation sites (N-methyl/N-ethyl adjacent to an activating group) is 1. The van der Waals surface area contributed by atoms with Gasteiger partial charge in [-0.05, 0) is 18.2 Å². The molecule has 0 bridgehead atoms. The van der Waals surface area contributed by atoms with E-state index in [-0.39, 0.29) is 5.69 Å². The summed E-state index contributed by atoms with van der Waals surface area (Å²) < 4.78 is 5.02. The van der Waals surface area contributed by atoms with Crippen LogP contribution in [0.1, 0.15) is 12.5 Å². The minimum atomic E-state index is -0.408. The summed E-state index contributed by atoms with van der Waals surface area (Å²) in [7, 11) is 1.65. The third-order valence-electron chi connectivity index (χ3n) is 2.79. The van der Waals surface area contributed by atoms with Gasteiger partial charge in [-0.25, -0.2) is 0 Å². The van der Waals surface area contributed by atoms with Crippen molar-refractivity contribution in [3.05, 3.63) is 33.9 Å². The maximum atomic E-state index is 10.7. The third kappa shape index (κ3) is 3.97. The van der Waals surface area contributed by atoms with Crippen molar-refractivity contribution in [1.29, 1.82) is 0 Å². The van der Waals surface area contributed by atoms with Gasteiger partial charge in [-0.2, -0.15) is 0 Å². The highest BCUT2D eigenvalue weighted by atomic mass is 16.6. The molecule has 0 fully saturated rings. The fraction of sp³-hybridized carbons (Fsp3) is 0.500. The smallest absolute Gasteiger partial charge is 0.269 e. The first-order valence-electron chi connectivity index (χ1n) is 5.82. The van der Waals surface area contributed by atoms with Gasteiger partial charge in [0.1, 0.15) is 0 Å². The number of methoxy groups -OCH3 is 1. The number of hydrogen-bond acceptors (Lipinski definition) is 5. The molecule has 0 aliphatic rings. The second kappa shape index (κ2) is 6.93. The Hall–Kier alpha value is -1.66. The molecule has 100 valence electrons. The standard InChI is InChI=1S/C12H19N3O3/c1-3-14(6-7-18-2)9-10-8-11(15(16)17)4-5-12(10)13/h4-5,8H,3,6-7,9,13H2,1-2H3. The number of rotatable bonds is 7. The first-order valence-corrected chi connectivity index (χ1v) is 5.82. The molecule has 1 rings (SSSR count). The number of ether oxygens (including phenoxy) is 1. The average Bonchev–Trinajstić information content (AvgIpc) is 2.36. The monoisotopic (exact) mass is 253 g/mol. The minimum Gasteiger partial charge on any atom is -0.398 e. The van der Waals surface area contributed by atoms with Crippen LogP contribution in [0, 0.1) is 10.1 Å². The lowest BCUT2D eigenvalue weighted by molar-refractivity contribution is -0.384. The van der Waals surface area contributed by atoms with E-state index in [1.54, 1.807) is 13.2 Å². The largest absolute Gasteiger partial charge is 0.398 e. The highest BCUT2D eigenvalue weighted by Crippen LogP contribution is 2.21. The van der Waals surface area contributed by atoms with Gasteiger partial charge in [0, 0.05) is 38.0 Å². The summed E-state index contributed by atoms with van der Waals surface area (Å²) in [5, 5.41) is 10.7. The number of non-ortho nitro benzene ring substituents is 1. The van der Waals surface area contributed by atoms with Crippen LogP contribution in [0.25, 0.3) is 0 Å². The Balaban J connectivity index is 2.80. The van der Waals surface area contributed by atoms with Crippen LogP contribution in [0.2, 0.25) is 0 Å². The second-order valence-corrected chi connectivity index (χ2v) is 4.00. The van der Waals surface area contributed by atoms with Gasteiger partial charge in [-0.3, -0.25) is 15.0 Å². The van der Waals surface area contributed by atoms with Gasteiger partial charge in [0.05, 0.1) is 11.5 Å². The molecule has 0 unspecified atom stereocenters. The van der Waals surface area contributed by atoms with Gasteiger partial charge >= 0.3 is 0 Å². The summed E-state index contributed by atoms with van der Waals surface area (Å²) >= 11 is 0. The molecular weight excluding hydrogens is 234 g/mol. The van der Waals surface area contributed by atoms with E-state index in [1.807, 2.05) is 6.92 Å². The predicted molar refractivity (Wildman–Crippen MR) is 70.3 cm³/mol. The lowest BCUT2D eigenvalue weighted by atomic mass is 10.1. The van der Waals surface area contributed by atoms with Crippen LogP contribution in [0.4, 0.5) is 11.4 Å². The topological polar surface area (TPSA) is 81.6 Å². The molecule has 0 aliphatic carbocycles. The Kier molecular flexibility index (Phi) is 5.54. The van der Waals surface area contributed by atoms with E-state index in [9.17, 15) is 10.1 Å². The van der Waals surface area contributed by atoms with E-state index >= 15 is 0 Å². The molecule has 0 heterocycles. The normalized spacial score (nSPS) is 10.8. The molecule has 1 aromatic rings. The van der Waals surface area contributed by atoms with Crippen molar-refractivity contribution >= 4 is 11.4 Å². The zero-order chi connectivity index (χ0) is 13.5. The second-order valence-electron chi connectivity index (χ2n) is 4.00. The van der Waals surface area contributed by atoms with Crippen LogP contribution in [0.5, 0.6) is 0 Å². The number of nitrogens with two attached hydrogens (primary N) is 1. The molecule has 6 nitrogen and oxygen atoms in total. The number of hydrogen-bond donors (Lipinski definition) is 1. The van der Waals surface area contributed by atoms with E-state index in [1.165, 1.54) is 12.1 Å². The molecule has 0 radical (unpaired) electrons. The van der Waals surface area contributed by atoms with Crippen molar-refractivity contribution in [2.24, 2.45) is 0 Å². The van der Waals surface area contributed by atoms with Crippen molar-refractivity contribution in [2.75, 3.05) is 32.5 Å². The Morgan fingerprint density at radius 3 is 2.78 bits per heavy atom. The first kappa shape index (κ1) is 14.4. The van der Waals surface area contributed by atoms with E-state index in [4.69, 9.17) is 10.5 Å². The molecular formula is C12H19N3O3. The molecule has 0 aliphatic heterocycles. The van der Waals surface area contributed by atoms with Crippen LogP contribution >= 0.6 is 0 Å². The van der Waals surface area contributed by atoms with Crippen LogP contribution in [0.15, 0.2) is 18.2 Å². The van der Waals surface area contributed by atoms with Crippen molar-refractivity contribution < 1.29 is 9.66 Å². The summed E-state index contributed by atoms with van der Waals surface area (Å²) in [4.78, 5) is 12.4. The Morgan fingerprint density at radius 2 is 2.22 bits per heavy atom. The number of anilines is 1. The van der Waals surface area contributed by atoms with Crippen molar-refractivity contribution in [3.63, 3.8) is 0 Å². The van der Waals surface area contributed by atoms with Gasteiger partial charge in [-0.15, -0.1) is 0 Å². The predicted octanol–water partition coefficient (Wildman–Crippen LogP) is 1.65. The van der Waals surface area contributed by atoms with Crippen molar-refractivity contribution in [2.45, 2.75) is 13.5 Å². The molecule has 1 aromatic carbocycles. The third-order valence-corrected chi connectivity index (χ3v) is 2.79. The van der Waals surface area contributed by atoms with Crippen LogP contribution in [0.3, 0.4) is 0 Å². The van der Waals surface area contributed by atoms with Crippen LogP contribution in [-0.2, 0) is 11.3 Å². The summed E-state index contributed by atoms with van der Waals surface area (Å²) in [6.45, 7) is 4.86. The Bertz CT molecular complexity index is 410. The SMILES string of the molecule is CCN(CCOC)Cc1cc([N+](=O)[O-])ccc1N. The molecule has 0 atom stereocenters. The zero-order valence-corrected chi connectivity index (χ0v) is 10.8. The molecule has 0 spiro atoms. The van der Waals surface area contributed by atoms with Gasteiger partial charge in [-0.1, -0.05) is 6.92 Å². The average molecular weight is 253 g/mol. The molecule has 0 aromatic heterocycles. The van der Waals surface area contributed by atoms with Crippen LogP contribution in [-0.4, -0.2) is 36.6 Å². The Labute approximate surface area is 106 Å². The summed E-state index contributed by atoms with van der Waals surface area (Å²) in [6.07, 6.45) is 0. The van der Waals surface area contributed by atoms with E-state index in [0.29, 0.717) is 18.8 Å². The lowest BCUT2D eigenvalue weighted by Gasteiger charge is -2.20. The maximum absolute atomic E-state index is 10.7. The summed E-state index contributed by atoms with van der Waals surface area (Å²) in [5.74, 6) is 0. The van der Waals surface area contributed by atoms with Crippen molar-refractivity contribution in [3.8, 4) is 0 Å². The highest BCUT2D eigenvalue weighted by molar-refractivity contribution is 5.52. The first-order chi connectivity index (χ1) is 8.58. The Morgan fingerprint density at radius 1 is 1.50 bits per heavy atom. The van der Waals surface area contributed by atoms with Crippen LogP contribution < -0.4 is 5.73 Å². The quantitative estimate of drug-likeness (QED) is 0.454. The fourth-order valence-electron chi connectivity index (χ4n) is 1.65.